The minimum Gasteiger partial charge on any atom is -0.335 e. The van der Waals surface area contributed by atoms with E-state index in [0.717, 1.165) is 5.56 Å². The molecule has 0 saturated heterocycles. The first-order valence-electron chi connectivity index (χ1n) is 5.21. The smallest absolute Gasteiger partial charge is 0.295 e. The maximum atomic E-state index is 11.8. The lowest BCUT2D eigenvalue weighted by atomic mass is 10.1. The third-order valence-electron chi connectivity index (χ3n) is 2.42. The third-order valence-corrected chi connectivity index (χ3v) is 2.42. The molecule has 0 spiro atoms. The summed E-state index contributed by atoms with van der Waals surface area (Å²) < 4.78 is 0. The lowest BCUT2D eigenvalue weighted by Crippen LogP contribution is -2.27. The molecule has 1 aromatic carbocycles. The number of aromatic nitrogens is 4. The molecule has 0 aliphatic carbocycles. The molecule has 0 radical (unpaired) electrons. The number of carbonyl (C=O) groups excluding carboxylic acids is 1. The van der Waals surface area contributed by atoms with Crippen LogP contribution in [-0.4, -0.2) is 38.5 Å². The van der Waals surface area contributed by atoms with Gasteiger partial charge in [0.25, 0.3) is 11.7 Å². The predicted molar refractivity (Wildman–Crippen MR) is 61.2 cm³/mol. The van der Waals surface area contributed by atoms with Gasteiger partial charge < -0.3 is 4.90 Å². The van der Waals surface area contributed by atoms with E-state index in [2.05, 4.69) is 20.6 Å². The zero-order valence-corrected chi connectivity index (χ0v) is 9.71. The second-order valence-electron chi connectivity index (χ2n) is 3.88. The highest BCUT2D eigenvalue weighted by molar-refractivity contribution is 5.89. The Labute approximate surface area is 98.6 Å². The molecule has 2 aromatic rings. The largest absolute Gasteiger partial charge is 0.335 e. The highest BCUT2D eigenvalue weighted by atomic mass is 16.2. The Bertz CT molecular complexity index is 491. The number of benzene rings is 1. The fourth-order valence-corrected chi connectivity index (χ4v) is 1.46. The van der Waals surface area contributed by atoms with Crippen molar-refractivity contribution in [2.45, 2.75) is 13.5 Å². The van der Waals surface area contributed by atoms with E-state index in [1.54, 1.807) is 11.9 Å². The summed E-state index contributed by atoms with van der Waals surface area (Å²) in [6, 6.07) is 8.02. The number of aryl methyl sites for hydroxylation is 1. The SMILES string of the molecule is Cc1ccc(CN(C)C(=O)c2nn[nH]n2)cc1. The van der Waals surface area contributed by atoms with Crippen LogP contribution in [0.2, 0.25) is 0 Å². The van der Waals surface area contributed by atoms with E-state index < -0.39 is 0 Å². The Morgan fingerprint density at radius 1 is 1.35 bits per heavy atom. The van der Waals surface area contributed by atoms with Crippen LogP contribution in [0, 0.1) is 6.92 Å². The van der Waals surface area contributed by atoms with Gasteiger partial charge in [-0.05, 0) is 17.7 Å². The van der Waals surface area contributed by atoms with Gasteiger partial charge in [0.1, 0.15) is 0 Å². The van der Waals surface area contributed by atoms with Crippen LogP contribution in [0.3, 0.4) is 0 Å². The van der Waals surface area contributed by atoms with Gasteiger partial charge in [-0.2, -0.15) is 5.21 Å². The van der Waals surface area contributed by atoms with E-state index in [1.165, 1.54) is 5.56 Å². The summed E-state index contributed by atoms with van der Waals surface area (Å²) >= 11 is 0. The molecule has 0 aliphatic heterocycles. The van der Waals surface area contributed by atoms with Crippen molar-refractivity contribution in [3.63, 3.8) is 0 Å². The molecule has 0 bridgehead atoms. The Morgan fingerprint density at radius 2 is 2.06 bits per heavy atom. The fourth-order valence-electron chi connectivity index (χ4n) is 1.46. The molecule has 0 fully saturated rings. The van der Waals surface area contributed by atoms with Crippen LogP contribution in [-0.2, 0) is 6.54 Å². The van der Waals surface area contributed by atoms with E-state index in [-0.39, 0.29) is 11.7 Å². The number of amides is 1. The number of nitrogens with one attached hydrogen (secondary N) is 1. The maximum absolute atomic E-state index is 11.8. The van der Waals surface area contributed by atoms with E-state index in [4.69, 9.17) is 0 Å². The Morgan fingerprint density at radius 3 is 2.65 bits per heavy atom. The van der Waals surface area contributed by atoms with Gasteiger partial charge >= 0.3 is 0 Å². The standard InChI is InChI=1S/C11H13N5O/c1-8-3-5-9(6-4-8)7-16(2)11(17)10-12-14-15-13-10/h3-6H,7H2,1-2H3,(H,12,13,14,15). The van der Waals surface area contributed by atoms with E-state index in [9.17, 15) is 4.79 Å². The summed E-state index contributed by atoms with van der Waals surface area (Å²) in [6.45, 7) is 2.55. The number of nitrogens with zero attached hydrogens (tertiary/aromatic N) is 4. The number of tetrazole rings is 1. The van der Waals surface area contributed by atoms with Crippen molar-refractivity contribution in [1.29, 1.82) is 0 Å². The average molecular weight is 231 g/mol. The van der Waals surface area contributed by atoms with Crippen LogP contribution >= 0.6 is 0 Å². The number of aromatic amines is 1. The van der Waals surface area contributed by atoms with Crippen LogP contribution < -0.4 is 0 Å². The van der Waals surface area contributed by atoms with Crippen molar-refractivity contribution < 1.29 is 4.79 Å². The van der Waals surface area contributed by atoms with Crippen molar-refractivity contribution in [3.8, 4) is 0 Å². The molecule has 17 heavy (non-hydrogen) atoms. The van der Waals surface area contributed by atoms with E-state index >= 15 is 0 Å². The van der Waals surface area contributed by atoms with Crippen molar-refractivity contribution in [2.24, 2.45) is 0 Å². The number of H-pyrrole nitrogens is 1. The predicted octanol–water partition coefficient (Wildman–Crippen LogP) is 0.780. The molecule has 6 heteroatoms. The first-order chi connectivity index (χ1) is 8.16. The second kappa shape index (κ2) is 4.73. The summed E-state index contributed by atoms with van der Waals surface area (Å²) in [6.07, 6.45) is 0. The highest BCUT2D eigenvalue weighted by Gasteiger charge is 2.15. The van der Waals surface area contributed by atoms with Crippen molar-refractivity contribution in [1.82, 2.24) is 25.5 Å². The summed E-state index contributed by atoms with van der Waals surface area (Å²) in [5, 5.41) is 12.9. The molecule has 1 N–H and O–H groups in total. The van der Waals surface area contributed by atoms with Crippen LogP contribution in [0.5, 0.6) is 0 Å². The molecule has 0 aliphatic rings. The highest BCUT2D eigenvalue weighted by Crippen LogP contribution is 2.07. The minimum atomic E-state index is -0.251. The lowest BCUT2D eigenvalue weighted by Gasteiger charge is -2.15. The van der Waals surface area contributed by atoms with E-state index in [0.29, 0.717) is 6.54 Å². The fraction of sp³-hybridized carbons (Fsp3) is 0.273. The first kappa shape index (κ1) is 11.3. The molecular formula is C11H13N5O. The number of hydrogen-bond acceptors (Lipinski definition) is 4. The van der Waals surface area contributed by atoms with Gasteiger partial charge in [0, 0.05) is 13.6 Å². The van der Waals surface area contributed by atoms with Crippen LogP contribution in [0.25, 0.3) is 0 Å². The number of rotatable bonds is 3. The molecular weight excluding hydrogens is 218 g/mol. The monoisotopic (exact) mass is 231 g/mol. The van der Waals surface area contributed by atoms with Gasteiger partial charge in [0.15, 0.2) is 0 Å². The Kier molecular flexibility index (Phi) is 3.13. The van der Waals surface area contributed by atoms with Crippen molar-refractivity contribution in [2.75, 3.05) is 7.05 Å². The Balaban J connectivity index is 2.04. The summed E-state index contributed by atoms with van der Waals surface area (Å²) in [5.74, 6) is -0.168. The average Bonchev–Trinajstić information content (AvgIpc) is 2.84. The molecule has 1 heterocycles. The van der Waals surface area contributed by atoms with Gasteiger partial charge in [-0.1, -0.05) is 29.8 Å². The number of hydrogen-bond donors (Lipinski definition) is 1. The van der Waals surface area contributed by atoms with Gasteiger partial charge in [-0.25, -0.2) is 0 Å². The Hall–Kier alpha value is -2.24. The molecule has 0 saturated carbocycles. The minimum absolute atomic E-state index is 0.0830. The molecule has 0 unspecified atom stereocenters. The quantitative estimate of drug-likeness (QED) is 0.847. The summed E-state index contributed by atoms with van der Waals surface area (Å²) in [7, 11) is 1.71. The molecule has 1 amide bonds. The normalized spacial score (nSPS) is 10.2. The number of carbonyl (C=O) groups is 1. The van der Waals surface area contributed by atoms with Gasteiger partial charge in [-0.15, -0.1) is 10.2 Å². The molecule has 1 aromatic heterocycles. The van der Waals surface area contributed by atoms with Gasteiger partial charge in [-0.3, -0.25) is 4.79 Å². The maximum Gasteiger partial charge on any atom is 0.295 e. The van der Waals surface area contributed by atoms with Gasteiger partial charge in [0.05, 0.1) is 0 Å². The second-order valence-corrected chi connectivity index (χ2v) is 3.88. The third kappa shape index (κ3) is 2.66. The molecule has 2 rings (SSSR count). The van der Waals surface area contributed by atoms with Gasteiger partial charge in [0.2, 0.25) is 0 Å². The topological polar surface area (TPSA) is 74.8 Å². The molecule has 6 nitrogen and oxygen atoms in total. The van der Waals surface area contributed by atoms with Crippen LogP contribution in [0.1, 0.15) is 21.7 Å². The first-order valence-corrected chi connectivity index (χ1v) is 5.21. The summed E-state index contributed by atoms with van der Waals surface area (Å²) in [4.78, 5) is 13.4. The van der Waals surface area contributed by atoms with Crippen molar-refractivity contribution >= 4 is 5.91 Å². The lowest BCUT2D eigenvalue weighted by molar-refractivity contribution is 0.0773. The van der Waals surface area contributed by atoms with Crippen molar-refractivity contribution in [3.05, 3.63) is 41.2 Å². The molecule has 88 valence electrons. The molecule has 0 atom stereocenters. The zero-order chi connectivity index (χ0) is 12.3. The zero-order valence-electron chi connectivity index (χ0n) is 9.71. The van der Waals surface area contributed by atoms with Crippen LogP contribution in [0.15, 0.2) is 24.3 Å². The van der Waals surface area contributed by atoms with E-state index in [1.807, 2.05) is 31.2 Å². The van der Waals surface area contributed by atoms with Crippen LogP contribution in [0.4, 0.5) is 0 Å². The summed E-state index contributed by atoms with van der Waals surface area (Å²) in [5.41, 5.74) is 2.26.